The van der Waals surface area contributed by atoms with Gasteiger partial charge in [-0.1, -0.05) is 0 Å². The zero-order chi connectivity index (χ0) is 17.4. The Morgan fingerprint density at radius 2 is 2.16 bits per heavy atom. The molecule has 1 aliphatic rings. The van der Waals surface area contributed by atoms with Crippen LogP contribution in [0.3, 0.4) is 0 Å². The lowest BCUT2D eigenvalue weighted by molar-refractivity contribution is -0.0228. The maximum Gasteiger partial charge on any atom is 0.254 e. The number of carbonyl (C=O) groups excluding carboxylic acids is 1. The van der Waals surface area contributed by atoms with Crippen molar-refractivity contribution in [2.75, 3.05) is 19.7 Å². The van der Waals surface area contributed by atoms with Crippen LogP contribution in [0.1, 0.15) is 33.5 Å². The average molecular weight is 336 g/mol. The molecule has 1 atom stereocenters. The number of H-pyrrole nitrogens is 1. The fraction of sp³-hybridized carbons (Fsp3) is 0.316. The van der Waals surface area contributed by atoms with Gasteiger partial charge >= 0.3 is 0 Å². The van der Waals surface area contributed by atoms with Crippen LogP contribution in [0.25, 0.3) is 11.0 Å². The Morgan fingerprint density at radius 1 is 1.28 bits per heavy atom. The van der Waals surface area contributed by atoms with Gasteiger partial charge in [-0.2, -0.15) is 0 Å². The standard InChI is InChI=1S/C19H20N4O2/c1-12-9-14(5-6-20-12)18-11-23(7-8-25-18)19(24)15-3-4-16-17(10-15)22-13(2)21-16/h3-6,9-10,18H,7-8,11H2,1-2H3,(H,21,22)/t18-/m0/s1. The van der Waals surface area contributed by atoms with E-state index >= 15 is 0 Å². The highest BCUT2D eigenvalue weighted by Gasteiger charge is 2.26. The largest absolute Gasteiger partial charge is 0.370 e. The number of pyridine rings is 1. The molecule has 2 aromatic heterocycles. The van der Waals surface area contributed by atoms with E-state index in [1.54, 1.807) is 6.20 Å². The first-order valence-electron chi connectivity index (χ1n) is 8.40. The van der Waals surface area contributed by atoms with Crippen molar-refractivity contribution in [2.24, 2.45) is 0 Å². The Balaban J connectivity index is 1.56. The monoisotopic (exact) mass is 336 g/mol. The third-order valence-electron chi connectivity index (χ3n) is 4.49. The minimum absolute atomic E-state index is 0.0215. The maximum absolute atomic E-state index is 12.9. The maximum atomic E-state index is 12.9. The summed E-state index contributed by atoms with van der Waals surface area (Å²) in [5.41, 5.74) is 4.44. The molecule has 3 heterocycles. The molecule has 4 rings (SSSR count). The van der Waals surface area contributed by atoms with Crippen LogP contribution in [0.4, 0.5) is 0 Å². The van der Waals surface area contributed by atoms with Gasteiger partial charge in [0, 0.05) is 24.0 Å². The predicted molar refractivity (Wildman–Crippen MR) is 94.4 cm³/mol. The molecule has 6 nitrogen and oxygen atoms in total. The van der Waals surface area contributed by atoms with Gasteiger partial charge < -0.3 is 14.6 Å². The molecule has 1 saturated heterocycles. The molecule has 3 aromatic rings. The molecule has 0 radical (unpaired) electrons. The van der Waals surface area contributed by atoms with Crippen molar-refractivity contribution in [2.45, 2.75) is 20.0 Å². The van der Waals surface area contributed by atoms with Crippen LogP contribution >= 0.6 is 0 Å². The van der Waals surface area contributed by atoms with Gasteiger partial charge in [0.2, 0.25) is 0 Å². The number of hydrogen-bond donors (Lipinski definition) is 1. The highest BCUT2D eigenvalue weighted by atomic mass is 16.5. The van der Waals surface area contributed by atoms with Crippen LogP contribution < -0.4 is 0 Å². The van der Waals surface area contributed by atoms with Gasteiger partial charge in [0.25, 0.3) is 5.91 Å². The number of imidazole rings is 1. The number of nitrogens with one attached hydrogen (secondary N) is 1. The Morgan fingerprint density at radius 3 is 3.00 bits per heavy atom. The molecule has 0 unspecified atom stereocenters. The molecule has 1 aliphatic heterocycles. The molecule has 6 heteroatoms. The van der Waals surface area contributed by atoms with Crippen LogP contribution in [0, 0.1) is 13.8 Å². The van der Waals surface area contributed by atoms with Gasteiger partial charge in [0.15, 0.2) is 0 Å². The molecule has 1 N–H and O–H groups in total. The Kier molecular flexibility index (Phi) is 3.97. The van der Waals surface area contributed by atoms with Crippen LogP contribution in [0.2, 0.25) is 0 Å². The summed E-state index contributed by atoms with van der Waals surface area (Å²) >= 11 is 0. The number of aromatic nitrogens is 3. The molecule has 0 spiro atoms. The number of amides is 1. The minimum Gasteiger partial charge on any atom is -0.370 e. The summed E-state index contributed by atoms with van der Waals surface area (Å²) in [6.45, 7) is 5.53. The van der Waals surface area contributed by atoms with Crippen molar-refractivity contribution in [1.29, 1.82) is 0 Å². The van der Waals surface area contributed by atoms with Gasteiger partial charge in [-0.3, -0.25) is 9.78 Å². The van der Waals surface area contributed by atoms with Gasteiger partial charge in [-0.25, -0.2) is 4.98 Å². The summed E-state index contributed by atoms with van der Waals surface area (Å²) in [6, 6.07) is 9.56. The van der Waals surface area contributed by atoms with Gasteiger partial charge in [-0.15, -0.1) is 0 Å². The molecule has 0 bridgehead atoms. The van der Waals surface area contributed by atoms with E-state index in [2.05, 4.69) is 15.0 Å². The molecule has 1 amide bonds. The number of benzene rings is 1. The summed E-state index contributed by atoms with van der Waals surface area (Å²) < 4.78 is 5.87. The Labute approximate surface area is 145 Å². The van der Waals surface area contributed by atoms with E-state index in [0.717, 1.165) is 28.1 Å². The van der Waals surface area contributed by atoms with Crippen molar-refractivity contribution < 1.29 is 9.53 Å². The molecule has 0 aliphatic carbocycles. The lowest BCUT2D eigenvalue weighted by Gasteiger charge is -2.33. The van der Waals surface area contributed by atoms with Gasteiger partial charge in [-0.05, 0) is 49.7 Å². The molecule has 1 fully saturated rings. The molecular weight excluding hydrogens is 316 g/mol. The number of rotatable bonds is 2. The Bertz CT molecular complexity index is 934. The lowest BCUT2D eigenvalue weighted by atomic mass is 10.1. The number of carbonyl (C=O) groups is 1. The number of aromatic amines is 1. The van der Waals surface area contributed by atoms with E-state index in [9.17, 15) is 4.79 Å². The first-order chi connectivity index (χ1) is 12.1. The van der Waals surface area contributed by atoms with Crippen molar-refractivity contribution in [3.63, 3.8) is 0 Å². The highest BCUT2D eigenvalue weighted by Crippen LogP contribution is 2.24. The Hall–Kier alpha value is -2.73. The summed E-state index contributed by atoms with van der Waals surface area (Å²) in [4.78, 5) is 26.6. The van der Waals surface area contributed by atoms with Crippen LogP contribution in [0.15, 0.2) is 36.5 Å². The number of hydrogen-bond acceptors (Lipinski definition) is 4. The molecule has 0 saturated carbocycles. The first kappa shape index (κ1) is 15.8. The number of fused-ring (bicyclic) bond motifs is 1. The summed E-state index contributed by atoms with van der Waals surface area (Å²) in [5, 5.41) is 0. The molecule has 1 aromatic carbocycles. The van der Waals surface area contributed by atoms with Crippen molar-refractivity contribution in [3.8, 4) is 0 Å². The second kappa shape index (κ2) is 6.29. The van der Waals surface area contributed by atoms with Crippen molar-refractivity contribution in [3.05, 3.63) is 59.2 Å². The lowest BCUT2D eigenvalue weighted by Crippen LogP contribution is -2.42. The van der Waals surface area contributed by atoms with E-state index in [1.807, 2.05) is 49.1 Å². The summed E-state index contributed by atoms with van der Waals surface area (Å²) in [6.07, 6.45) is 1.67. The SMILES string of the molecule is Cc1cc([C@@H]2CN(C(=O)c3ccc4nc(C)[nH]c4c3)CCO2)ccn1. The summed E-state index contributed by atoms with van der Waals surface area (Å²) in [7, 11) is 0. The fourth-order valence-electron chi connectivity index (χ4n) is 3.26. The summed E-state index contributed by atoms with van der Waals surface area (Å²) in [5.74, 6) is 0.868. The zero-order valence-corrected chi connectivity index (χ0v) is 14.3. The quantitative estimate of drug-likeness (QED) is 0.781. The van der Waals surface area contributed by atoms with Crippen molar-refractivity contribution >= 4 is 16.9 Å². The average Bonchev–Trinajstić information content (AvgIpc) is 3.00. The number of ether oxygens (including phenoxy) is 1. The number of nitrogens with zero attached hydrogens (tertiary/aromatic N) is 3. The van der Waals surface area contributed by atoms with E-state index in [-0.39, 0.29) is 12.0 Å². The predicted octanol–water partition coefficient (Wildman–Crippen LogP) is 2.79. The van der Waals surface area contributed by atoms with Gasteiger partial charge in [0.05, 0.1) is 24.2 Å². The van der Waals surface area contributed by atoms with E-state index in [0.29, 0.717) is 25.3 Å². The highest BCUT2D eigenvalue weighted by molar-refractivity contribution is 5.97. The second-order valence-corrected chi connectivity index (χ2v) is 6.40. The van der Waals surface area contributed by atoms with E-state index in [4.69, 9.17) is 4.74 Å². The molecule has 25 heavy (non-hydrogen) atoms. The minimum atomic E-state index is -0.113. The number of morpholine rings is 1. The normalized spacial score (nSPS) is 17.8. The van der Waals surface area contributed by atoms with Gasteiger partial charge in [0.1, 0.15) is 11.9 Å². The topological polar surface area (TPSA) is 71.1 Å². The fourth-order valence-corrected chi connectivity index (χ4v) is 3.26. The first-order valence-corrected chi connectivity index (χ1v) is 8.40. The number of aryl methyl sites for hydroxylation is 2. The van der Waals surface area contributed by atoms with Crippen LogP contribution in [-0.2, 0) is 4.74 Å². The van der Waals surface area contributed by atoms with Crippen LogP contribution in [-0.4, -0.2) is 45.5 Å². The molecule has 128 valence electrons. The van der Waals surface area contributed by atoms with E-state index in [1.165, 1.54) is 0 Å². The van der Waals surface area contributed by atoms with E-state index < -0.39 is 0 Å². The van der Waals surface area contributed by atoms with Crippen LogP contribution in [0.5, 0.6) is 0 Å². The zero-order valence-electron chi connectivity index (χ0n) is 14.3. The molecular formula is C19H20N4O2. The smallest absolute Gasteiger partial charge is 0.254 e. The third kappa shape index (κ3) is 3.13. The second-order valence-electron chi connectivity index (χ2n) is 6.40. The van der Waals surface area contributed by atoms with Crippen molar-refractivity contribution in [1.82, 2.24) is 19.9 Å². The third-order valence-corrected chi connectivity index (χ3v) is 4.49.